The van der Waals surface area contributed by atoms with Crippen LogP contribution in [0.2, 0.25) is 5.02 Å². The van der Waals surface area contributed by atoms with Crippen LogP contribution in [-0.2, 0) is 9.84 Å². The largest absolute Gasteiger partial charge is 0.329 e. The smallest absolute Gasteiger partial charge is 0.288 e. The maximum absolute atomic E-state index is 13.2. The van der Waals surface area contributed by atoms with Crippen LogP contribution >= 0.6 is 11.6 Å². The molecular weight excluding hydrogens is 367 g/mol. The molecule has 0 bridgehead atoms. The Kier molecular flexibility index (Phi) is 3.73. The number of para-hydroxylation sites is 1. The van der Waals surface area contributed by atoms with E-state index in [0.29, 0.717) is 16.4 Å². The standard InChI is InChI=1S/C17H14ClFN2O3S/c18-13-3-1-2-4-14(13)21-16-10-25(23,24)9-15(16)20(17(21)22)12-7-5-11(19)6-8-12/h1-8,15-16H,9-10H2/t15-,16-/m1/s1. The van der Waals surface area contributed by atoms with Crippen molar-refractivity contribution in [3.63, 3.8) is 0 Å². The molecule has 0 spiro atoms. The minimum atomic E-state index is -3.28. The molecule has 2 aliphatic heterocycles. The molecule has 5 nitrogen and oxygen atoms in total. The molecule has 0 saturated carbocycles. The molecule has 2 saturated heterocycles. The number of benzene rings is 2. The van der Waals surface area contributed by atoms with Gasteiger partial charge in [-0.2, -0.15) is 0 Å². The number of sulfone groups is 1. The predicted molar refractivity (Wildman–Crippen MR) is 94.4 cm³/mol. The molecule has 2 aromatic rings. The summed E-state index contributed by atoms with van der Waals surface area (Å²) in [5, 5.41) is 0.375. The van der Waals surface area contributed by atoms with E-state index in [1.807, 2.05) is 0 Å². The van der Waals surface area contributed by atoms with Crippen molar-refractivity contribution >= 4 is 38.8 Å². The molecule has 2 amide bonds. The zero-order chi connectivity index (χ0) is 17.8. The molecule has 0 aromatic heterocycles. The van der Waals surface area contributed by atoms with Crippen LogP contribution in [0.25, 0.3) is 0 Å². The van der Waals surface area contributed by atoms with Crippen LogP contribution < -0.4 is 9.80 Å². The lowest BCUT2D eigenvalue weighted by Gasteiger charge is -2.23. The topological polar surface area (TPSA) is 57.7 Å². The lowest BCUT2D eigenvalue weighted by atomic mass is 10.1. The highest BCUT2D eigenvalue weighted by Crippen LogP contribution is 2.40. The van der Waals surface area contributed by atoms with E-state index in [9.17, 15) is 17.6 Å². The Bertz CT molecular complexity index is 949. The molecule has 0 radical (unpaired) electrons. The molecule has 0 aliphatic carbocycles. The average Bonchev–Trinajstić information content (AvgIpc) is 2.99. The van der Waals surface area contributed by atoms with Crippen molar-refractivity contribution in [2.24, 2.45) is 0 Å². The van der Waals surface area contributed by atoms with Gasteiger partial charge in [0.2, 0.25) is 0 Å². The summed E-state index contributed by atoms with van der Waals surface area (Å²) in [6.07, 6.45) is 0. The molecule has 2 atom stereocenters. The number of rotatable bonds is 2. The minimum Gasteiger partial charge on any atom is -0.288 e. The van der Waals surface area contributed by atoms with Gasteiger partial charge in [0, 0.05) is 5.69 Å². The second-order valence-electron chi connectivity index (χ2n) is 6.16. The van der Waals surface area contributed by atoms with E-state index < -0.39 is 27.7 Å². The van der Waals surface area contributed by atoms with Crippen LogP contribution in [0.15, 0.2) is 48.5 Å². The number of fused-ring (bicyclic) bond motifs is 1. The first kappa shape index (κ1) is 16.4. The highest BCUT2D eigenvalue weighted by Gasteiger charge is 2.54. The maximum atomic E-state index is 13.2. The Labute approximate surface area is 149 Å². The van der Waals surface area contributed by atoms with Crippen molar-refractivity contribution in [2.45, 2.75) is 12.1 Å². The fourth-order valence-corrected chi connectivity index (χ4v) is 5.68. The summed E-state index contributed by atoms with van der Waals surface area (Å²) in [4.78, 5) is 15.9. The van der Waals surface area contributed by atoms with Gasteiger partial charge in [0.15, 0.2) is 9.84 Å². The summed E-state index contributed by atoms with van der Waals surface area (Å²) in [5.41, 5.74) is 0.943. The van der Waals surface area contributed by atoms with Crippen LogP contribution in [0.1, 0.15) is 0 Å². The number of carbonyl (C=O) groups is 1. The second kappa shape index (κ2) is 5.71. The second-order valence-corrected chi connectivity index (χ2v) is 8.72. The summed E-state index contributed by atoms with van der Waals surface area (Å²) >= 11 is 6.23. The van der Waals surface area contributed by atoms with E-state index in [1.54, 1.807) is 24.3 Å². The van der Waals surface area contributed by atoms with Gasteiger partial charge in [-0.05, 0) is 36.4 Å². The van der Waals surface area contributed by atoms with Gasteiger partial charge in [-0.15, -0.1) is 0 Å². The van der Waals surface area contributed by atoms with Gasteiger partial charge in [0.25, 0.3) is 0 Å². The number of urea groups is 1. The van der Waals surface area contributed by atoms with E-state index in [-0.39, 0.29) is 17.5 Å². The van der Waals surface area contributed by atoms with E-state index in [2.05, 4.69) is 0 Å². The quantitative estimate of drug-likeness (QED) is 0.752. The first-order chi connectivity index (χ1) is 11.9. The average molecular weight is 381 g/mol. The fraction of sp³-hybridized carbons (Fsp3) is 0.235. The Morgan fingerprint density at radius 1 is 0.960 bits per heavy atom. The molecule has 25 heavy (non-hydrogen) atoms. The van der Waals surface area contributed by atoms with Crippen molar-refractivity contribution in [1.82, 2.24) is 0 Å². The number of hydrogen-bond donors (Lipinski definition) is 0. The molecule has 2 fully saturated rings. The van der Waals surface area contributed by atoms with Gasteiger partial charge in [-0.25, -0.2) is 17.6 Å². The van der Waals surface area contributed by atoms with Gasteiger partial charge >= 0.3 is 6.03 Å². The van der Waals surface area contributed by atoms with Crippen LogP contribution in [0, 0.1) is 5.82 Å². The van der Waals surface area contributed by atoms with Gasteiger partial charge in [0.1, 0.15) is 5.82 Å². The Balaban J connectivity index is 1.83. The SMILES string of the molecule is O=C1N(c2ccc(F)cc2)[C@@H]2CS(=O)(=O)C[C@H]2N1c1ccccc1Cl. The van der Waals surface area contributed by atoms with Crippen molar-refractivity contribution in [3.8, 4) is 0 Å². The molecule has 2 heterocycles. The normalized spacial score (nSPS) is 24.6. The van der Waals surface area contributed by atoms with Crippen molar-refractivity contribution in [3.05, 3.63) is 59.4 Å². The number of amides is 2. The number of halogens is 2. The summed E-state index contributed by atoms with van der Waals surface area (Å²) in [6, 6.07) is 10.9. The Morgan fingerprint density at radius 2 is 1.56 bits per heavy atom. The molecule has 0 unspecified atom stereocenters. The van der Waals surface area contributed by atoms with E-state index in [0.717, 1.165) is 0 Å². The molecule has 4 rings (SSSR count). The third kappa shape index (κ3) is 2.67. The van der Waals surface area contributed by atoms with Crippen LogP contribution in [0.4, 0.5) is 20.6 Å². The molecule has 2 aliphatic rings. The first-order valence-electron chi connectivity index (χ1n) is 7.70. The third-order valence-electron chi connectivity index (χ3n) is 4.59. The Hall–Kier alpha value is -2.12. The number of hydrogen-bond acceptors (Lipinski definition) is 3. The zero-order valence-corrected chi connectivity index (χ0v) is 14.5. The van der Waals surface area contributed by atoms with Crippen molar-refractivity contribution in [2.75, 3.05) is 21.3 Å². The van der Waals surface area contributed by atoms with Gasteiger partial charge in [0.05, 0.1) is 34.3 Å². The Morgan fingerprint density at radius 3 is 2.20 bits per heavy atom. The van der Waals surface area contributed by atoms with Crippen LogP contribution in [-0.4, -0.2) is 38.0 Å². The molecule has 0 N–H and O–H groups in total. The number of anilines is 2. The fourth-order valence-electron chi connectivity index (χ4n) is 3.54. The molecule has 8 heteroatoms. The third-order valence-corrected chi connectivity index (χ3v) is 6.60. The van der Waals surface area contributed by atoms with Gasteiger partial charge < -0.3 is 0 Å². The van der Waals surface area contributed by atoms with Crippen LogP contribution in [0.3, 0.4) is 0 Å². The number of carbonyl (C=O) groups excluding carboxylic acids is 1. The lowest BCUT2D eigenvalue weighted by molar-refractivity contribution is 0.255. The highest BCUT2D eigenvalue weighted by molar-refractivity contribution is 7.91. The van der Waals surface area contributed by atoms with Gasteiger partial charge in [-0.3, -0.25) is 9.80 Å². The van der Waals surface area contributed by atoms with E-state index >= 15 is 0 Å². The number of nitrogens with zero attached hydrogens (tertiary/aromatic N) is 2. The summed E-state index contributed by atoms with van der Waals surface area (Å²) in [5.74, 6) is -0.664. The minimum absolute atomic E-state index is 0.119. The van der Waals surface area contributed by atoms with Crippen molar-refractivity contribution in [1.29, 1.82) is 0 Å². The molecule has 2 aromatic carbocycles. The molecular formula is C17H14ClFN2O3S. The van der Waals surface area contributed by atoms with E-state index in [1.165, 1.54) is 34.1 Å². The predicted octanol–water partition coefficient (Wildman–Crippen LogP) is 3.09. The first-order valence-corrected chi connectivity index (χ1v) is 9.90. The lowest BCUT2D eigenvalue weighted by Crippen LogP contribution is -2.38. The highest BCUT2D eigenvalue weighted by atomic mass is 35.5. The van der Waals surface area contributed by atoms with Gasteiger partial charge in [-0.1, -0.05) is 23.7 Å². The van der Waals surface area contributed by atoms with Crippen LogP contribution in [0.5, 0.6) is 0 Å². The summed E-state index contributed by atoms with van der Waals surface area (Å²) < 4.78 is 37.6. The maximum Gasteiger partial charge on any atom is 0.329 e. The zero-order valence-electron chi connectivity index (χ0n) is 13.0. The monoisotopic (exact) mass is 380 g/mol. The van der Waals surface area contributed by atoms with Crippen molar-refractivity contribution < 1.29 is 17.6 Å². The summed E-state index contributed by atoms with van der Waals surface area (Å²) in [6.45, 7) is 0. The molecule has 130 valence electrons. The van der Waals surface area contributed by atoms with E-state index in [4.69, 9.17) is 11.6 Å². The summed E-state index contributed by atoms with van der Waals surface area (Å²) in [7, 11) is -3.28.